The van der Waals surface area contributed by atoms with E-state index in [1.807, 2.05) is 49.4 Å². The van der Waals surface area contributed by atoms with Crippen molar-refractivity contribution in [2.24, 2.45) is 0 Å². The summed E-state index contributed by atoms with van der Waals surface area (Å²) < 4.78 is 18.1. The third kappa shape index (κ3) is 3.25. The molecule has 0 atom stereocenters. The van der Waals surface area contributed by atoms with E-state index in [1.165, 1.54) is 0 Å². The molecular formula is C17H16N4O3S. The number of fused-ring (bicyclic) bond motifs is 1. The Bertz CT molecular complexity index is 884. The molecule has 0 bridgehead atoms. The third-order valence-electron chi connectivity index (χ3n) is 3.64. The summed E-state index contributed by atoms with van der Waals surface area (Å²) in [6, 6.07) is 13.6. The number of ether oxygens (including phenoxy) is 3. The first-order chi connectivity index (χ1) is 12.3. The summed E-state index contributed by atoms with van der Waals surface area (Å²) in [4.78, 5) is 0. The van der Waals surface area contributed by atoms with Gasteiger partial charge in [0.05, 0.1) is 6.61 Å². The van der Waals surface area contributed by atoms with Crippen molar-refractivity contribution in [1.82, 2.24) is 20.2 Å². The molecule has 1 aliphatic rings. The summed E-state index contributed by atoms with van der Waals surface area (Å²) in [5, 5.41) is 12.8. The molecule has 25 heavy (non-hydrogen) atoms. The van der Waals surface area contributed by atoms with Crippen LogP contribution in [0, 0.1) is 0 Å². The molecule has 0 fully saturated rings. The van der Waals surface area contributed by atoms with E-state index in [0.717, 1.165) is 28.5 Å². The van der Waals surface area contributed by atoms with Crippen LogP contribution in [0.2, 0.25) is 0 Å². The Kier molecular flexibility index (Phi) is 4.43. The molecule has 2 aromatic carbocycles. The van der Waals surface area contributed by atoms with Crippen molar-refractivity contribution in [3.05, 3.63) is 48.0 Å². The predicted molar refractivity (Wildman–Crippen MR) is 92.4 cm³/mol. The summed E-state index contributed by atoms with van der Waals surface area (Å²) in [5.41, 5.74) is 1.93. The van der Waals surface area contributed by atoms with Crippen molar-refractivity contribution in [1.29, 1.82) is 0 Å². The topological polar surface area (TPSA) is 71.3 Å². The van der Waals surface area contributed by atoms with Crippen molar-refractivity contribution in [2.75, 3.05) is 13.4 Å². The number of benzene rings is 2. The number of hydrogen-bond acceptors (Lipinski definition) is 7. The summed E-state index contributed by atoms with van der Waals surface area (Å²) in [5.74, 6) is 3.03. The van der Waals surface area contributed by atoms with Crippen molar-refractivity contribution in [3.63, 3.8) is 0 Å². The molecule has 2 heterocycles. The second-order valence-electron chi connectivity index (χ2n) is 5.25. The minimum absolute atomic E-state index is 0.276. The van der Waals surface area contributed by atoms with Gasteiger partial charge in [-0.15, -0.1) is 5.10 Å². The normalized spacial score (nSPS) is 12.4. The van der Waals surface area contributed by atoms with Crippen molar-refractivity contribution in [2.45, 2.75) is 17.8 Å². The number of para-hydroxylation sites is 2. The highest BCUT2D eigenvalue weighted by atomic mass is 32.2. The summed E-state index contributed by atoms with van der Waals surface area (Å²) in [6.07, 6.45) is 0. The van der Waals surface area contributed by atoms with Gasteiger partial charge < -0.3 is 14.2 Å². The smallest absolute Gasteiger partial charge is 0.231 e. The number of nitrogens with zero attached hydrogens (tertiary/aromatic N) is 4. The second-order valence-corrected chi connectivity index (χ2v) is 6.19. The van der Waals surface area contributed by atoms with Gasteiger partial charge in [-0.3, -0.25) is 0 Å². The summed E-state index contributed by atoms with van der Waals surface area (Å²) >= 11 is 1.55. The number of tetrazole rings is 1. The molecule has 0 saturated heterocycles. The van der Waals surface area contributed by atoms with Gasteiger partial charge in [-0.1, -0.05) is 30.0 Å². The Morgan fingerprint density at radius 1 is 1.16 bits per heavy atom. The molecule has 0 saturated carbocycles. The lowest BCUT2D eigenvalue weighted by Crippen LogP contribution is -2.03. The van der Waals surface area contributed by atoms with Crippen LogP contribution >= 0.6 is 11.8 Å². The lowest BCUT2D eigenvalue weighted by Gasteiger charge is -2.10. The fourth-order valence-electron chi connectivity index (χ4n) is 2.51. The number of hydrogen-bond donors (Lipinski definition) is 0. The molecule has 1 aliphatic heterocycles. The minimum atomic E-state index is 0.276. The van der Waals surface area contributed by atoms with Crippen LogP contribution in [0.3, 0.4) is 0 Å². The van der Waals surface area contributed by atoms with Crippen molar-refractivity contribution in [3.8, 4) is 22.9 Å². The quantitative estimate of drug-likeness (QED) is 0.629. The average Bonchev–Trinajstić information content (AvgIpc) is 3.29. The molecule has 0 amide bonds. The van der Waals surface area contributed by atoms with Crippen LogP contribution in [0.4, 0.5) is 0 Å². The number of rotatable bonds is 6. The molecule has 0 N–H and O–H groups in total. The fourth-order valence-corrected chi connectivity index (χ4v) is 3.34. The standard InChI is InChI=1S/C17H16N4O3S/c1-2-22-14-6-4-3-5-13(14)21-17(18-19-20-21)25-10-12-7-8-15-16(9-12)24-11-23-15/h3-9H,2,10-11H2,1H3. The van der Waals surface area contributed by atoms with Crippen LogP contribution in [-0.2, 0) is 5.75 Å². The highest BCUT2D eigenvalue weighted by Crippen LogP contribution is 2.34. The highest BCUT2D eigenvalue weighted by molar-refractivity contribution is 7.98. The zero-order chi connectivity index (χ0) is 17.1. The summed E-state index contributed by atoms with van der Waals surface area (Å²) in [7, 11) is 0. The van der Waals surface area contributed by atoms with Crippen LogP contribution in [0.1, 0.15) is 12.5 Å². The maximum Gasteiger partial charge on any atom is 0.231 e. The molecule has 8 heteroatoms. The van der Waals surface area contributed by atoms with Gasteiger partial charge in [-0.05, 0) is 47.2 Å². The van der Waals surface area contributed by atoms with E-state index >= 15 is 0 Å². The van der Waals surface area contributed by atoms with Gasteiger partial charge in [0.25, 0.3) is 0 Å². The Hall–Kier alpha value is -2.74. The van der Waals surface area contributed by atoms with Crippen LogP contribution in [0.25, 0.3) is 5.69 Å². The van der Waals surface area contributed by atoms with Crippen LogP contribution < -0.4 is 14.2 Å². The Morgan fingerprint density at radius 3 is 2.96 bits per heavy atom. The largest absolute Gasteiger partial charge is 0.492 e. The van der Waals surface area contributed by atoms with Gasteiger partial charge in [0.1, 0.15) is 11.4 Å². The van der Waals surface area contributed by atoms with Gasteiger partial charge in [-0.25, -0.2) is 0 Å². The van der Waals surface area contributed by atoms with Crippen molar-refractivity contribution >= 4 is 11.8 Å². The molecule has 0 spiro atoms. The molecule has 1 aromatic heterocycles. The molecular weight excluding hydrogens is 340 g/mol. The zero-order valence-electron chi connectivity index (χ0n) is 13.6. The lowest BCUT2D eigenvalue weighted by atomic mass is 10.2. The van der Waals surface area contributed by atoms with E-state index in [-0.39, 0.29) is 6.79 Å². The van der Waals surface area contributed by atoms with Crippen molar-refractivity contribution < 1.29 is 14.2 Å². The average molecular weight is 356 g/mol. The first kappa shape index (κ1) is 15.8. The maximum atomic E-state index is 5.67. The van der Waals surface area contributed by atoms with Gasteiger partial charge in [0, 0.05) is 5.75 Å². The number of aromatic nitrogens is 4. The van der Waals surface area contributed by atoms with Gasteiger partial charge in [0.15, 0.2) is 11.5 Å². The van der Waals surface area contributed by atoms with Gasteiger partial charge >= 0.3 is 0 Å². The summed E-state index contributed by atoms with van der Waals surface area (Å²) in [6.45, 7) is 2.81. The monoisotopic (exact) mass is 356 g/mol. The zero-order valence-corrected chi connectivity index (χ0v) is 14.4. The molecule has 0 aliphatic carbocycles. The Morgan fingerprint density at radius 2 is 2.04 bits per heavy atom. The third-order valence-corrected chi connectivity index (χ3v) is 4.63. The van der Waals surface area contributed by atoms with Gasteiger partial charge in [0.2, 0.25) is 11.9 Å². The van der Waals surface area contributed by atoms with E-state index in [0.29, 0.717) is 17.5 Å². The maximum absolute atomic E-state index is 5.67. The molecule has 0 unspecified atom stereocenters. The second kappa shape index (κ2) is 7.02. The molecule has 4 rings (SSSR count). The lowest BCUT2D eigenvalue weighted by molar-refractivity contribution is 0.174. The van der Waals surface area contributed by atoms with Crippen LogP contribution in [0.5, 0.6) is 17.2 Å². The first-order valence-electron chi connectivity index (χ1n) is 7.87. The van der Waals surface area contributed by atoms with Crippen LogP contribution in [-0.4, -0.2) is 33.6 Å². The van der Waals surface area contributed by atoms with E-state index in [4.69, 9.17) is 14.2 Å². The molecule has 3 aromatic rings. The molecule has 0 radical (unpaired) electrons. The minimum Gasteiger partial charge on any atom is -0.492 e. The van der Waals surface area contributed by atoms with Gasteiger partial charge in [-0.2, -0.15) is 4.68 Å². The Labute approximate surface area is 148 Å². The van der Waals surface area contributed by atoms with E-state index < -0.39 is 0 Å². The van der Waals surface area contributed by atoms with E-state index in [9.17, 15) is 0 Å². The predicted octanol–water partition coefficient (Wildman–Crippen LogP) is 3.08. The number of thioether (sulfide) groups is 1. The molecule has 7 nitrogen and oxygen atoms in total. The van der Waals surface area contributed by atoms with Crippen LogP contribution in [0.15, 0.2) is 47.6 Å². The first-order valence-corrected chi connectivity index (χ1v) is 8.85. The SMILES string of the molecule is CCOc1ccccc1-n1nnnc1SCc1ccc2c(c1)OCO2. The van der Waals surface area contributed by atoms with E-state index in [1.54, 1.807) is 16.4 Å². The highest BCUT2D eigenvalue weighted by Gasteiger charge is 2.16. The molecule has 128 valence electrons. The fraction of sp³-hybridized carbons (Fsp3) is 0.235. The Balaban J connectivity index is 1.54. The van der Waals surface area contributed by atoms with E-state index in [2.05, 4.69) is 15.5 Å².